The number of methoxy groups -OCH3 is 1. The fourth-order valence-corrected chi connectivity index (χ4v) is 3.96. The molecule has 144 valence electrons. The predicted molar refractivity (Wildman–Crippen MR) is 113 cm³/mol. The quantitative estimate of drug-likeness (QED) is 0.624. The summed E-state index contributed by atoms with van der Waals surface area (Å²) in [5, 5.41) is 4.73. The first-order valence-electron chi connectivity index (χ1n) is 8.95. The summed E-state index contributed by atoms with van der Waals surface area (Å²) in [5.41, 5.74) is 2.00. The van der Waals surface area contributed by atoms with Gasteiger partial charge in [0.1, 0.15) is 5.82 Å². The first-order chi connectivity index (χ1) is 13.7. The molecule has 0 radical (unpaired) electrons. The molecule has 0 aliphatic carbocycles. The van der Waals surface area contributed by atoms with E-state index in [0.717, 1.165) is 17.2 Å². The van der Waals surface area contributed by atoms with Crippen LogP contribution >= 0.6 is 23.8 Å². The molecule has 1 aliphatic rings. The van der Waals surface area contributed by atoms with Crippen molar-refractivity contribution in [2.24, 2.45) is 0 Å². The van der Waals surface area contributed by atoms with Crippen LogP contribution in [0, 0.1) is 0 Å². The molecule has 1 fully saturated rings. The molecule has 0 saturated carbocycles. The molecule has 4 rings (SSSR count). The Morgan fingerprint density at radius 2 is 2.07 bits per heavy atom. The number of thiocarbonyl (C=S) groups is 1. The fraction of sp³-hybridized carbons (Fsp3) is 0.250. The largest absolute Gasteiger partial charge is 0.383 e. The lowest BCUT2D eigenvalue weighted by molar-refractivity contribution is 0.163. The van der Waals surface area contributed by atoms with Gasteiger partial charge in [-0.1, -0.05) is 17.7 Å². The van der Waals surface area contributed by atoms with E-state index in [9.17, 15) is 0 Å². The van der Waals surface area contributed by atoms with Crippen LogP contribution in [0.4, 0.5) is 0 Å². The zero-order valence-electron chi connectivity index (χ0n) is 15.3. The Hall–Kier alpha value is -2.48. The zero-order chi connectivity index (χ0) is 19.5. The van der Waals surface area contributed by atoms with Crippen LogP contribution in [0.1, 0.15) is 23.5 Å². The number of nitrogens with zero attached hydrogens (tertiary/aromatic N) is 4. The summed E-state index contributed by atoms with van der Waals surface area (Å²) in [4.78, 5) is 11.2. The Morgan fingerprint density at radius 3 is 2.79 bits per heavy atom. The van der Waals surface area contributed by atoms with Crippen LogP contribution in [0.15, 0.2) is 61.1 Å². The number of rotatable bonds is 6. The van der Waals surface area contributed by atoms with Crippen molar-refractivity contribution in [3.63, 3.8) is 0 Å². The highest BCUT2D eigenvalue weighted by Crippen LogP contribution is 2.39. The predicted octanol–water partition coefficient (Wildman–Crippen LogP) is 3.54. The molecule has 3 aromatic heterocycles. The highest BCUT2D eigenvalue weighted by atomic mass is 35.5. The van der Waals surface area contributed by atoms with E-state index >= 15 is 0 Å². The van der Waals surface area contributed by atoms with Crippen molar-refractivity contribution in [3.05, 3.63) is 77.5 Å². The Morgan fingerprint density at radius 1 is 1.18 bits per heavy atom. The smallest absolute Gasteiger partial charge is 0.170 e. The Bertz CT molecular complexity index is 947. The molecule has 28 heavy (non-hydrogen) atoms. The van der Waals surface area contributed by atoms with Gasteiger partial charge in [0.2, 0.25) is 0 Å². The van der Waals surface area contributed by atoms with Crippen LogP contribution in [0.5, 0.6) is 0 Å². The highest BCUT2D eigenvalue weighted by Gasteiger charge is 2.41. The fourth-order valence-electron chi connectivity index (χ4n) is 3.51. The van der Waals surface area contributed by atoms with Crippen LogP contribution in [-0.4, -0.2) is 44.8 Å². The molecule has 1 N–H and O–H groups in total. The Balaban J connectivity index is 1.78. The van der Waals surface area contributed by atoms with E-state index in [1.165, 1.54) is 0 Å². The minimum atomic E-state index is -0.0773. The van der Waals surface area contributed by atoms with Gasteiger partial charge in [0.05, 0.1) is 29.4 Å². The molecule has 0 spiro atoms. The molecular weight excluding hydrogens is 394 g/mol. The summed E-state index contributed by atoms with van der Waals surface area (Å²) in [6.07, 6.45) is 5.45. The second-order valence-electron chi connectivity index (χ2n) is 6.45. The number of pyridine rings is 2. The highest BCUT2D eigenvalue weighted by molar-refractivity contribution is 7.80. The number of aromatic nitrogens is 3. The molecule has 8 heteroatoms. The van der Waals surface area contributed by atoms with E-state index in [2.05, 4.69) is 30.8 Å². The van der Waals surface area contributed by atoms with Gasteiger partial charge >= 0.3 is 0 Å². The standard InChI is InChI=1S/C20H20ClN5OS/c1-27-12-11-26-19(18(24-20(26)28)15-5-2-3-9-22-15)16-6-4-10-25(16)17-8-7-14(21)13-23-17/h2-10,13,18-19H,11-12H2,1H3,(H,24,28)/t18-,19+/m1/s1. The van der Waals surface area contributed by atoms with E-state index in [1.807, 2.05) is 42.6 Å². The average molecular weight is 414 g/mol. The molecule has 1 aliphatic heterocycles. The lowest BCUT2D eigenvalue weighted by atomic mass is 10.0. The maximum absolute atomic E-state index is 6.01. The molecule has 1 saturated heterocycles. The second kappa shape index (κ2) is 8.26. The molecule has 0 aromatic carbocycles. The number of ether oxygens (including phenoxy) is 1. The normalized spacial score (nSPS) is 19.1. The van der Waals surface area contributed by atoms with Gasteiger partial charge in [0.25, 0.3) is 0 Å². The van der Waals surface area contributed by atoms with Crippen molar-refractivity contribution in [2.45, 2.75) is 12.1 Å². The molecule has 6 nitrogen and oxygen atoms in total. The van der Waals surface area contributed by atoms with Gasteiger partial charge in [-0.15, -0.1) is 0 Å². The van der Waals surface area contributed by atoms with Crippen LogP contribution in [-0.2, 0) is 4.74 Å². The molecule has 0 unspecified atom stereocenters. The molecule has 2 atom stereocenters. The first-order valence-corrected chi connectivity index (χ1v) is 9.74. The van der Waals surface area contributed by atoms with Crippen molar-refractivity contribution in [1.29, 1.82) is 0 Å². The van der Waals surface area contributed by atoms with Crippen molar-refractivity contribution in [2.75, 3.05) is 20.3 Å². The Kier molecular flexibility index (Phi) is 5.57. The summed E-state index contributed by atoms with van der Waals surface area (Å²) >= 11 is 11.7. The van der Waals surface area contributed by atoms with Gasteiger partial charge in [-0.25, -0.2) is 4.98 Å². The number of hydrogen-bond donors (Lipinski definition) is 1. The molecule has 3 aromatic rings. The van der Waals surface area contributed by atoms with Gasteiger partial charge in [-0.05, 0) is 48.6 Å². The summed E-state index contributed by atoms with van der Waals surface area (Å²) in [6, 6.07) is 13.6. The van der Waals surface area contributed by atoms with Crippen LogP contribution < -0.4 is 5.32 Å². The summed E-state index contributed by atoms with van der Waals surface area (Å²) in [5.74, 6) is 0.800. The third-order valence-electron chi connectivity index (χ3n) is 4.78. The van der Waals surface area contributed by atoms with E-state index in [1.54, 1.807) is 19.5 Å². The van der Waals surface area contributed by atoms with Gasteiger partial charge in [0, 0.05) is 37.9 Å². The number of halogens is 1. The van der Waals surface area contributed by atoms with Crippen molar-refractivity contribution >= 4 is 28.9 Å². The molecular formula is C20H20ClN5OS. The monoisotopic (exact) mass is 413 g/mol. The maximum Gasteiger partial charge on any atom is 0.170 e. The van der Waals surface area contributed by atoms with E-state index < -0.39 is 0 Å². The third kappa shape index (κ3) is 3.61. The summed E-state index contributed by atoms with van der Waals surface area (Å²) < 4.78 is 7.37. The van der Waals surface area contributed by atoms with Crippen LogP contribution in [0.2, 0.25) is 5.02 Å². The van der Waals surface area contributed by atoms with Gasteiger partial charge in [-0.3, -0.25) is 4.98 Å². The zero-order valence-corrected chi connectivity index (χ0v) is 16.9. The molecule has 0 amide bonds. The van der Waals surface area contributed by atoms with Crippen molar-refractivity contribution in [1.82, 2.24) is 24.8 Å². The minimum absolute atomic E-state index is 0.0509. The van der Waals surface area contributed by atoms with Crippen LogP contribution in [0.25, 0.3) is 5.82 Å². The van der Waals surface area contributed by atoms with Gasteiger partial charge in [-0.2, -0.15) is 0 Å². The van der Waals surface area contributed by atoms with Gasteiger partial charge < -0.3 is 19.5 Å². The topological polar surface area (TPSA) is 55.2 Å². The average Bonchev–Trinajstić information content (AvgIpc) is 3.32. The second-order valence-corrected chi connectivity index (χ2v) is 7.27. The SMILES string of the molecule is COCCN1C(=S)N[C@H](c2ccccn2)[C@@H]1c1cccn1-c1ccc(Cl)cn1. The van der Waals surface area contributed by atoms with Gasteiger partial charge in [0.15, 0.2) is 5.11 Å². The first kappa shape index (κ1) is 18.9. The Labute approximate surface area is 174 Å². The van der Waals surface area contributed by atoms with Crippen LogP contribution in [0.3, 0.4) is 0 Å². The number of hydrogen-bond acceptors (Lipinski definition) is 4. The summed E-state index contributed by atoms with van der Waals surface area (Å²) in [6.45, 7) is 1.25. The lowest BCUT2D eigenvalue weighted by Crippen LogP contribution is -2.33. The maximum atomic E-state index is 6.01. The lowest BCUT2D eigenvalue weighted by Gasteiger charge is -2.28. The third-order valence-corrected chi connectivity index (χ3v) is 5.35. The van der Waals surface area contributed by atoms with E-state index in [-0.39, 0.29) is 12.1 Å². The van der Waals surface area contributed by atoms with Crippen molar-refractivity contribution < 1.29 is 4.74 Å². The summed E-state index contributed by atoms with van der Waals surface area (Å²) in [7, 11) is 1.69. The number of nitrogens with one attached hydrogen (secondary N) is 1. The molecule has 0 bridgehead atoms. The van der Waals surface area contributed by atoms with E-state index in [4.69, 9.17) is 28.6 Å². The molecule has 4 heterocycles. The van der Waals surface area contributed by atoms with Crippen molar-refractivity contribution in [3.8, 4) is 5.82 Å². The van der Waals surface area contributed by atoms with E-state index in [0.29, 0.717) is 23.3 Å². The minimum Gasteiger partial charge on any atom is -0.383 e.